The Bertz CT molecular complexity index is 1330. The number of hydrogen-bond donors (Lipinski definition) is 2. The lowest BCUT2D eigenvalue weighted by Crippen LogP contribution is -2.52. The number of hydrogen-bond acceptors (Lipinski definition) is 5. The van der Waals surface area contributed by atoms with Crippen molar-refractivity contribution in [1.82, 2.24) is 5.32 Å². The number of halogens is 3. The van der Waals surface area contributed by atoms with Crippen LogP contribution in [0.2, 0.25) is 0 Å². The molecule has 5 nitrogen and oxygen atoms in total. The molecule has 1 aliphatic carbocycles. The second kappa shape index (κ2) is 8.48. The highest BCUT2D eigenvalue weighted by molar-refractivity contribution is 5.91. The average molecular weight is 498 g/mol. The molecule has 2 aromatic carbocycles. The highest BCUT2D eigenvalue weighted by Gasteiger charge is 2.42. The van der Waals surface area contributed by atoms with Crippen molar-refractivity contribution in [3.05, 3.63) is 82.7 Å². The molecule has 5 rings (SSSR count). The topological polar surface area (TPSA) is 60.0 Å². The highest BCUT2D eigenvalue weighted by Crippen LogP contribution is 2.52. The minimum atomic E-state index is -4.75. The Kier molecular flexibility index (Phi) is 5.67. The van der Waals surface area contributed by atoms with Crippen molar-refractivity contribution in [3.63, 3.8) is 0 Å². The molecule has 0 amide bonds. The van der Waals surface area contributed by atoms with Crippen LogP contribution < -0.4 is 19.5 Å². The van der Waals surface area contributed by atoms with Crippen molar-refractivity contribution in [2.24, 2.45) is 5.92 Å². The fourth-order valence-corrected chi connectivity index (χ4v) is 5.32. The quantitative estimate of drug-likeness (QED) is 0.483. The van der Waals surface area contributed by atoms with Gasteiger partial charge in [0.2, 0.25) is 0 Å². The third-order valence-electron chi connectivity index (χ3n) is 6.52. The first-order valence-corrected chi connectivity index (χ1v) is 11.5. The minimum absolute atomic E-state index is 0.00293. The van der Waals surface area contributed by atoms with Gasteiger partial charge in [-0.3, -0.25) is 0 Å². The predicted octanol–water partition coefficient (Wildman–Crippen LogP) is 6.37. The minimum Gasteiger partial charge on any atom is -0.504 e. The van der Waals surface area contributed by atoms with Gasteiger partial charge in [0.15, 0.2) is 11.5 Å². The van der Waals surface area contributed by atoms with E-state index in [0.717, 1.165) is 16.7 Å². The molecule has 2 heterocycles. The largest absolute Gasteiger partial charge is 0.573 e. The molecule has 0 aromatic heterocycles. The summed E-state index contributed by atoms with van der Waals surface area (Å²) in [6.07, 6.45) is 3.36. The Labute approximate surface area is 207 Å². The Morgan fingerprint density at radius 1 is 1.11 bits per heavy atom. The summed E-state index contributed by atoms with van der Waals surface area (Å²) in [5.41, 5.74) is 4.04. The van der Waals surface area contributed by atoms with E-state index in [-0.39, 0.29) is 29.0 Å². The number of ether oxygens (including phenoxy) is 3. The van der Waals surface area contributed by atoms with E-state index in [0.29, 0.717) is 28.4 Å². The molecule has 2 N–H and O–H groups in total. The van der Waals surface area contributed by atoms with Gasteiger partial charge in [-0.2, -0.15) is 0 Å². The number of allylic oxidation sites excluding steroid dienone is 3. The van der Waals surface area contributed by atoms with Crippen LogP contribution in [0.25, 0.3) is 11.6 Å². The number of methoxy groups -OCH3 is 1. The van der Waals surface area contributed by atoms with Gasteiger partial charge in [0, 0.05) is 23.1 Å². The van der Waals surface area contributed by atoms with Gasteiger partial charge < -0.3 is 24.6 Å². The summed E-state index contributed by atoms with van der Waals surface area (Å²) in [7, 11) is 1.50. The molecular formula is C28H26F3NO4. The third kappa shape index (κ3) is 4.37. The van der Waals surface area contributed by atoms with E-state index in [4.69, 9.17) is 9.47 Å². The summed E-state index contributed by atoms with van der Waals surface area (Å²) in [5, 5.41) is 14.1. The van der Waals surface area contributed by atoms with E-state index in [9.17, 15) is 18.3 Å². The summed E-state index contributed by atoms with van der Waals surface area (Å²) in [6, 6.07) is 8.82. The fraction of sp³-hybridized carbons (Fsp3) is 0.286. The lowest BCUT2D eigenvalue weighted by atomic mass is 9.71. The molecule has 188 valence electrons. The Morgan fingerprint density at radius 3 is 2.50 bits per heavy atom. The van der Waals surface area contributed by atoms with Gasteiger partial charge in [-0.15, -0.1) is 13.2 Å². The molecule has 2 aliphatic heterocycles. The third-order valence-corrected chi connectivity index (χ3v) is 6.52. The molecule has 0 fully saturated rings. The molecule has 36 heavy (non-hydrogen) atoms. The van der Waals surface area contributed by atoms with Crippen LogP contribution in [0.3, 0.4) is 0 Å². The summed E-state index contributed by atoms with van der Waals surface area (Å²) in [6.45, 7) is 6.30. The van der Waals surface area contributed by atoms with Gasteiger partial charge in [-0.25, -0.2) is 0 Å². The maximum Gasteiger partial charge on any atom is 0.573 e. The van der Waals surface area contributed by atoms with Crippen LogP contribution in [-0.2, 0) is 0 Å². The van der Waals surface area contributed by atoms with Crippen molar-refractivity contribution in [2.45, 2.75) is 38.7 Å². The van der Waals surface area contributed by atoms with Crippen LogP contribution in [0, 0.1) is 5.92 Å². The zero-order valence-corrected chi connectivity index (χ0v) is 20.2. The number of fused-ring (bicyclic) bond motifs is 4. The van der Waals surface area contributed by atoms with Crippen LogP contribution in [-0.4, -0.2) is 30.2 Å². The second-order valence-electron chi connectivity index (χ2n) is 9.66. The van der Waals surface area contributed by atoms with Crippen LogP contribution in [0.4, 0.5) is 13.2 Å². The van der Waals surface area contributed by atoms with E-state index in [1.807, 2.05) is 6.08 Å². The number of phenols is 1. The van der Waals surface area contributed by atoms with Crippen molar-refractivity contribution >= 4 is 11.6 Å². The van der Waals surface area contributed by atoms with Gasteiger partial charge in [0.05, 0.1) is 12.7 Å². The monoisotopic (exact) mass is 497 g/mol. The van der Waals surface area contributed by atoms with Gasteiger partial charge >= 0.3 is 6.36 Å². The van der Waals surface area contributed by atoms with E-state index < -0.39 is 6.36 Å². The van der Waals surface area contributed by atoms with Crippen molar-refractivity contribution in [1.29, 1.82) is 0 Å². The summed E-state index contributed by atoms with van der Waals surface area (Å²) >= 11 is 0. The normalized spacial score (nSPS) is 23.3. The molecule has 0 spiro atoms. The Hall–Kier alpha value is -3.65. The number of benzene rings is 2. The van der Waals surface area contributed by atoms with E-state index >= 15 is 0 Å². The Balaban J connectivity index is 1.66. The summed E-state index contributed by atoms with van der Waals surface area (Å²) < 4.78 is 53.6. The smallest absolute Gasteiger partial charge is 0.504 e. The van der Waals surface area contributed by atoms with Crippen LogP contribution in [0.5, 0.6) is 23.0 Å². The van der Waals surface area contributed by atoms with E-state index in [1.165, 1.54) is 25.3 Å². The average Bonchev–Trinajstić information content (AvgIpc) is 2.78. The first-order valence-electron chi connectivity index (χ1n) is 11.5. The predicted molar refractivity (Wildman–Crippen MR) is 131 cm³/mol. The van der Waals surface area contributed by atoms with Crippen molar-refractivity contribution in [2.75, 3.05) is 7.11 Å². The van der Waals surface area contributed by atoms with Gasteiger partial charge in [0.25, 0.3) is 0 Å². The van der Waals surface area contributed by atoms with E-state index in [2.05, 4.69) is 43.0 Å². The molecule has 8 heteroatoms. The Morgan fingerprint density at radius 2 is 1.83 bits per heavy atom. The molecular weight excluding hydrogens is 471 g/mol. The van der Waals surface area contributed by atoms with Gasteiger partial charge in [0.1, 0.15) is 17.3 Å². The van der Waals surface area contributed by atoms with Crippen LogP contribution in [0.15, 0.2) is 71.5 Å². The molecule has 0 radical (unpaired) electrons. The summed E-state index contributed by atoms with van der Waals surface area (Å²) in [4.78, 5) is 0. The van der Waals surface area contributed by atoms with Gasteiger partial charge in [-0.05, 0) is 62.2 Å². The number of aromatic hydroxyl groups is 1. The molecule has 0 saturated carbocycles. The molecule has 2 atom stereocenters. The van der Waals surface area contributed by atoms with Crippen LogP contribution >= 0.6 is 0 Å². The fourth-order valence-electron chi connectivity index (χ4n) is 5.32. The van der Waals surface area contributed by atoms with Crippen molar-refractivity contribution < 1.29 is 32.5 Å². The number of alkyl halides is 3. The zero-order valence-electron chi connectivity index (χ0n) is 20.2. The molecule has 2 unspecified atom stereocenters. The first-order chi connectivity index (χ1) is 17.0. The lowest BCUT2D eigenvalue weighted by Gasteiger charge is -2.44. The summed E-state index contributed by atoms with van der Waals surface area (Å²) in [5.74, 6) is 1.06. The SMILES string of the molecule is COc1c(O)ccc2c1C1=C(/C(=C/c3ccc(OC(F)(F)F)cc3)O2)C2C(C)=CC(C)(C)NC2C=C1. The van der Waals surface area contributed by atoms with E-state index in [1.54, 1.807) is 24.3 Å². The number of rotatable bonds is 3. The standard InChI is InChI=1S/C28H26F3NO4/c1-15-14-27(2,3)32-19-10-9-18-24(23(15)19)22(35-21-12-11-20(33)26(34-4)25(18)21)13-16-5-7-17(8-6-16)36-28(29,30)31/h5-14,19,23,32-33H,1-4H3/b22-13-. The molecule has 3 aliphatic rings. The van der Waals surface area contributed by atoms with Crippen LogP contribution in [0.1, 0.15) is 31.9 Å². The maximum absolute atomic E-state index is 12.6. The van der Waals surface area contributed by atoms with Crippen molar-refractivity contribution in [3.8, 4) is 23.0 Å². The second-order valence-corrected chi connectivity index (χ2v) is 9.66. The lowest BCUT2D eigenvalue weighted by molar-refractivity contribution is -0.274. The number of phenolic OH excluding ortho intramolecular Hbond substituents is 1. The zero-order chi connectivity index (χ0) is 25.8. The molecule has 0 saturated heterocycles. The highest BCUT2D eigenvalue weighted by atomic mass is 19.4. The molecule has 0 bridgehead atoms. The first kappa shape index (κ1) is 24.1. The van der Waals surface area contributed by atoms with Gasteiger partial charge in [-0.1, -0.05) is 35.9 Å². The maximum atomic E-state index is 12.6. The molecule has 2 aromatic rings. The number of nitrogens with one attached hydrogen (secondary N) is 1.